The zero-order valence-corrected chi connectivity index (χ0v) is 18.3. The molecule has 156 valence electrons. The van der Waals surface area contributed by atoms with Crippen LogP contribution in [0.25, 0.3) is 20.9 Å². The molecule has 0 aromatic carbocycles. The van der Waals surface area contributed by atoms with Crippen LogP contribution in [0, 0.1) is 17.3 Å². The van der Waals surface area contributed by atoms with Gasteiger partial charge in [-0.3, -0.25) is 0 Å². The third-order valence-electron chi connectivity index (χ3n) is 5.61. The molecule has 2 unspecified atom stereocenters. The fourth-order valence-corrected chi connectivity index (χ4v) is 4.31. The van der Waals surface area contributed by atoms with E-state index in [0.29, 0.717) is 24.0 Å². The minimum atomic E-state index is 0. The second kappa shape index (κ2) is 13.1. The van der Waals surface area contributed by atoms with E-state index < -0.39 is 0 Å². The fourth-order valence-electron chi connectivity index (χ4n) is 4.31. The molecule has 1 N–H and O–H groups in total. The molecule has 0 spiro atoms. The maximum absolute atomic E-state index is 8.10. The first-order valence-electron chi connectivity index (χ1n) is 10.0. The van der Waals surface area contributed by atoms with Gasteiger partial charge in [0.1, 0.15) is 0 Å². The van der Waals surface area contributed by atoms with Crippen molar-refractivity contribution in [1.29, 1.82) is 0 Å². The molecular formula is C19H38ClN7. The molecule has 27 heavy (non-hydrogen) atoms. The van der Waals surface area contributed by atoms with Crippen molar-refractivity contribution in [3.63, 3.8) is 0 Å². The van der Waals surface area contributed by atoms with Crippen molar-refractivity contribution >= 4 is 12.4 Å². The standard InChI is InChI=1S/C10H19N3.C9H18N4.ClH/c1-10(2)6-5-9(8-10)4-3-7-12-13-11;1-9(2)6-8(7-11-9)4-3-5-12-13-10;/h9H,3-8H2,1-2H3;8,11H,3-7H2,1-2H3;1H. The topological polar surface area (TPSA) is 110 Å². The van der Waals surface area contributed by atoms with Crippen LogP contribution in [0.5, 0.6) is 0 Å². The summed E-state index contributed by atoms with van der Waals surface area (Å²) in [4.78, 5) is 5.49. The molecule has 1 saturated heterocycles. The highest BCUT2D eigenvalue weighted by molar-refractivity contribution is 5.85. The second-order valence-electron chi connectivity index (χ2n) is 9.30. The van der Waals surface area contributed by atoms with E-state index in [4.69, 9.17) is 11.1 Å². The van der Waals surface area contributed by atoms with Gasteiger partial charge < -0.3 is 5.32 Å². The third-order valence-corrected chi connectivity index (χ3v) is 5.61. The van der Waals surface area contributed by atoms with Crippen LogP contribution < -0.4 is 5.32 Å². The quantitative estimate of drug-likeness (QED) is 0.206. The molecule has 2 aliphatic rings. The van der Waals surface area contributed by atoms with Crippen molar-refractivity contribution in [3.8, 4) is 0 Å². The Morgan fingerprint density at radius 2 is 1.48 bits per heavy atom. The maximum Gasteiger partial charge on any atom is 0.0258 e. The molecule has 2 atom stereocenters. The lowest BCUT2D eigenvalue weighted by Gasteiger charge is -2.17. The van der Waals surface area contributed by atoms with Crippen molar-refractivity contribution in [3.05, 3.63) is 20.9 Å². The van der Waals surface area contributed by atoms with E-state index in [-0.39, 0.29) is 12.4 Å². The van der Waals surface area contributed by atoms with Gasteiger partial charge in [0, 0.05) is 28.5 Å². The number of rotatable bonds is 8. The van der Waals surface area contributed by atoms with Crippen LogP contribution in [0.4, 0.5) is 0 Å². The third kappa shape index (κ3) is 12.0. The molecule has 0 aromatic rings. The van der Waals surface area contributed by atoms with Crippen LogP contribution in [0.15, 0.2) is 10.2 Å². The summed E-state index contributed by atoms with van der Waals surface area (Å²) in [5.74, 6) is 1.65. The Balaban J connectivity index is 0.000000483. The van der Waals surface area contributed by atoms with Crippen LogP contribution in [0.2, 0.25) is 0 Å². The molecule has 7 nitrogen and oxygen atoms in total. The van der Waals surface area contributed by atoms with E-state index in [0.717, 1.165) is 31.2 Å². The number of hydrogen-bond acceptors (Lipinski definition) is 3. The molecule has 2 fully saturated rings. The predicted octanol–water partition coefficient (Wildman–Crippen LogP) is 6.79. The van der Waals surface area contributed by atoms with Crippen LogP contribution >= 0.6 is 12.4 Å². The summed E-state index contributed by atoms with van der Waals surface area (Å²) in [6, 6.07) is 0. The molecule has 0 bridgehead atoms. The first-order valence-corrected chi connectivity index (χ1v) is 10.0. The average Bonchev–Trinajstić information content (AvgIpc) is 3.10. The molecular weight excluding hydrogens is 362 g/mol. The van der Waals surface area contributed by atoms with Gasteiger partial charge in [0.25, 0.3) is 0 Å². The van der Waals surface area contributed by atoms with Gasteiger partial charge in [-0.15, -0.1) is 12.4 Å². The number of azide groups is 2. The molecule has 1 saturated carbocycles. The van der Waals surface area contributed by atoms with Gasteiger partial charge >= 0.3 is 0 Å². The normalized spacial score (nSPS) is 24.6. The van der Waals surface area contributed by atoms with Gasteiger partial charge in [-0.05, 0) is 93.7 Å². The van der Waals surface area contributed by atoms with E-state index in [1.165, 1.54) is 38.5 Å². The van der Waals surface area contributed by atoms with Gasteiger partial charge in [-0.1, -0.05) is 30.5 Å². The van der Waals surface area contributed by atoms with E-state index in [1.54, 1.807) is 0 Å². The molecule has 8 heteroatoms. The first kappa shape index (κ1) is 25.9. The SMILES string of the molecule is CC1(C)CC(CCCN=[N+]=[N-])CN1.CC1(C)CCC(CCCN=[N+]=[N-])C1.Cl. The largest absolute Gasteiger partial charge is 0.312 e. The van der Waals surface area contributed by atoms with Gasteiger partial charge in [0.05, 0.1) is 0 Å². The Morgan fingerprint density at radius 3 is 1.89 bits per heavy atom. The molecule has 2 rings (SSSR count). The van der Waals surface area contributed by atoms with Crippen LogP contribution in [0.1, 0.15) is 79.1 Å². The Hall–Kier alpha value is -1.13. The van der Waals surface area contributed by atoms with E-state index >= 15 is 0 Å². The van der Waals surface area contributed by atoms with Gasteiger partial charge in [0.15, 0.2) is 0 Å². The maximum atomic E-state index is 8.10. The Labute approximate surface area is 170 Å². The molecule has 1 aliphatic carbocycles. The summed E-state index contributed by atoms with van der Waals surface area (Å²) in [5, 5.41) is 10.6. The van der Waals surface area contributed by atoms with Crippen molar-refractivity contribution in [1.82, 2.24) is 5.32 Å². The predicted molar refractivity (Wildman–Crippen MR) is 115 cm³/mol. The highest BCUT2D eigenvalue weighted by Crippen LogP contribution is 2.42. The first-order chi connectivity index (χ1) is 12.3. The Kier molecular flexibility index (Phi) is 12.6. The van der Waals surface area contributed by atoms with Crippen molar-refractivity contribution in [2.45, 2.75) is 84.6 Å². The fraction of sp³-hybridized carbons (Fsp3) is 1.00. The Morgan fingerprint density at radius 1 is 0.926 bits per heavy atom. The van der Waals surface area contributed by atoms with Crippen molar-refractivity contribution in [2.75, 3.05) is 19.6 Å². The second-order valence-corrected chi connectivity index (χ2v) is 9.30. The lowest BCUT2D eigenvalue weighted by Crippen LogP contribution is -2.31. The van der Waals surface area contributed by atoms with E-state index in [9.17, 15) is 0 Å². The number of nitrogens with zero attached hydrogens (tertiary/aromatic N) is 6. The zero-order valence-electron chi connectivity index (χ0n) is 17.5. The molecule has 1 aliphatic heterocycles. The van der Waals surface area contributed by atoms with Crippen LogP contribution in [-0.4, -0.2) is 25.2 Å². The van der Waals surface area contributed by atoms with Crippen molar-refractivity contribution in [2.24, 2.45) is 27.5 Å². The monoisotopic (exact) mass is 399 g/mol. The summed E-state index contributed by atoms with van der Waals surface area (Å²) in [5.41, 5.74) is 17.1. The van der Waals surface area contributed by atoms with E-state index in [1.807, 2.05) is 0 Å². The number of hydrogen-bond donors (Lipinski definition) is 1. The number of nitrogens with one attached hydrogen (secondary N) is 1. The zero-order chi connectivity index (χ0) is 19.5. The summed E-state index contributed by atoms with van der Waals surface area (Å²) in [7, 11) is 0. The summed E-state index contributed by atoms with van der Waals surface area (Å²) in [6.07, 6.45) is 9.81. The smallest absolute Gasteiger partial charge is 0.0258 e. The van der Waals surface area contributed by atoms with Crippen LogP contribution in [0.3, 0.4) is 0 Å². The summed E-state index contributed by atoms with van der Waals surface area (Å²) in [6.45, 7) is 11.6. The number of halogens is 1. The molecule has 0 aromatic heterocycles. The lowest BCUT2D eigenvalue weighted by molar-refractivity contribution is 0.352. The van der Waals surface area contributed by atoms with Gasteiger partial charge in [-0.2, -0.15) is 0 Å². The molecule has 0 amide bonds. The highest BCUT2D eigenvalue weighted by Gasteiger charge is 2.30. The van der Waals surface area contributed by atoms with E-state index in [2.05, 4.69) is 53.1 Å². The van der Waals surface area contributed by atoms with Gasteiger partial charge in [-0.25, -0.2) is 0 Å². The summed E-state index contributed by atoms with van der Waals surface area (Å²) >= 11 is 0. The average molecular weight is 400 g/mol. The minimum Gasteiger partial charge on any atom is -0.312 e. The highest BCUT2D eigenvalue weighted by atomic mass is 35.5. The van der Waals surface area contributed by atoms with Crippen molar-refractivity contribution < 1.29 is 0 Å². The minimum absolute atomic E-state index is 0. The Bertz CT molecular complexity index is 462. The van der Waals surface area contributed by atoms with Gasteiger partial charge in [0.2, 0.25) is 0 Å². The summed E-state index contributed by atoms with van der Waals surface area (Å²) < 4.78 is 0. The molecule has 1 heterocycles. The molecule has 0 radical (unpaired) electrons. The lowest BCUT2D eigenvalue weighted by atomic mass is 9.89. The van der Waals surface area contributed by atoms with Crippen LogP contribution in [-0.2, 0) is 0 Å².